The average Bonchev–Trinajstić information content (AvgIpc) is 2.39. The average molecular weight is 180 g/mol. The lowest BCUT2D eigenvalue weighted by Gasteiger charge is -2.25. The van der Waals surface area contributed by atoms with E-state index in [1.54, 1.807) is 10.0 Å². The van der Waals surface area contributed by atoms with Crippen LogP contribution in [0, 0.1) is 6.54 Å². The number of urea groups is 1. The molecule has 1 heterocycles. The minimum absolute atomic E-state index is 0.384. The number of rotatable bonds is 0. The Morgan fingerprint density at radius 3 is 2.85 bits per heavy atom. The molecule has 0 aromatic rings. The van der Waals surface area contributed by atoms with Gasteiger partial charge in [-0.2, -0.15) is 0 Å². The van der Waals surface area contributed by atoms with Crippen molar-refractivity contribution in [2.24, 2.45) is 5.73 Å². The molecule has 1 aliphatic heterocycles. The molecule has 13 heavy (non-hydrogen) atoms. The molecular formula is C9H14N3O. The fourth-order valence-corrected chi connectivity index (χ4v) is 2.06. The van der Waals surface area contributed by atoms with Gasteiger partial charge in [0.15, 0.2) is 0 Å². The van der Waals surface area contributed by atoms with Gasteiger partial charge in [-0.3, -0.25) is 0 Å². The summed E-state index contributed by atoms with van der Waals surface area (Å²) in [5.41, 5.74) is 7.66. The first-order chi connectivity index (χ1) is 6.20. The second-order valence-electron chi connectivity index (χ2n) is 3.53. The number of allylic oxidation sites excluding steroid dienone is 1. The van der Waals surface area contributed by atoms with Crippen LogP contribution in [0.2, 0.25) is 0 Å². The molecule has 0 fully saturated rings. The molecule has 2 rings (SSSR count). The summed E-state index contributed by atoms with van der Waals surface area (Å²) in [7, 11) is 1.85. The number of carbonyl (C=O) groups excluding carboxylic acids is 1. The number of nitrogens with two attached hydrogens (primary N) is 1. The molecule has 4 nitrogen and oxygen atoms in total. The molecule has 2 N–H and O–H groups in total. The van der Waals surface area contributed by atoms with Gasteiger partial charge in [-0.25, -0.2) is 14.8 Å². The fraction of sp³-hybridized carbons (Fsp3) is 0.556. The number of hydrazine groups is 1. The van der Waals surface area contributed by atoms with Gasteiger partial charge in [0.2, 0.25) is 0 Å². The summed E-state index contributed by atoms with van der Waals surface area (Å²) >= 11 is 0. The number of likely N-dealkylation sites (N-methyl/N-ethyl adjacent to an activating group) is 1. The van der Waals surface area contributed by atoms with Crippen LogP contribution in [-0.4, -0.2) is 23.1 Å². The molecule has 0 unspecified atom stereocenters. The van der Waals surface area contributed by atoms with Crippen molar-refractivity contribution in [1.29, 1.82) is 0 Å². The van der Waals surface area contributed by atoms with E-state index >= 15 is 0 Å². The molecular weight excluding hydrogens is 166 g/mol. The minimum Gasteiger partial charge on any atom is -0.350 e. The lowest BCUT2D eigenvalue weighted by molar-refractivity contribution is 0.120. The number of hydrogen-bond donors (Lipinski definition) is 1. The number of carbonyl (C=O) groups is 1. The topological polar surface area (TPSA) is 49.6 Å². The summed E-state index contributed by atoms with van der Waals surface area (Å²) in [6, 6.07) is -0.384. The van der Waals surface area contributed by atoms with E-state index < -0.39 is 0 Å². The summed E-state index contributed by atoms with van der Waals surface area (Å²) in [6.07, 6.45) is 4.42. The SMILES string of the molecule is CN1[CH]C2=C(CCCC2)N1C(N)=O. The van der Waals surface area contributed by atoms with Crippen LogP contribution in [0.5, 0.6) is 0 Å². The van der Waals surface area contributed by atoms with Gasteiger partial charge in [0.1, 0.15) is 0 Å². The van der Waals surface area contributed by atoms with Crippen LogP contribution >= 0.6 is 0 Å². The second-order valence-corrected chi connectivity index (χ2v) is 3.53. The molecule has 0 aromatic heterocycles. The highest BCUT2D eigenvalue weighted by Crippen LogP contribution is 2.35. The minimum atomic E-state index is -0.384. The zero-order chi connectivity index (χ0) is 9.42. The standard InChI is InChI=1S/C9H14N3O/c1-11-6-7-4-2-3-5-8(7)12(11)9(10)13/h6H,2-5H2,1H3,(H2,10,13). The maximum Gasteiger partial charge on any atom is 0.333 e. The third-order valence-corrected chi connectivity index (χ3v) is 2.60. The molecule has 0 atom stereocenters. The van der Waals surface area contributed by atoms with Crippen LogP contribution in [0.25, 0.3) is 0 Å². The van der Waals surface area contributed by atoms with Gasteiger partial charge in [0.25, 0.3) is 0 Å². The van der Waals surface area contributed by atoms with Crippen LogP contribution in [0.1, 0.15) is 25.7 Å². The molecule has 2 aliphatic rings. The maximum absolute atomic E-state index is 11.1. The van der Waals surface area contributed by atoms with Gasteiger partial charge in [-0.1, -0.05) is 0 Å². The summed E-state index contributed by atoms with van der Waals surface area (Å²) in [4.78, 5) is 11.1. The van der Waals surface area contributed by atoms with Crippen molar-refractivity contribution in [2.45, 2.75) is 25.7 Å². The number of nitrogens with zero attached hydrogens (tertiary/aromatic N) is 2. The molecule has 4 heteroatoms. The highest BCUT2D eigenvalue weighted by Gasteiger charge is 2.32. The molecule has 1 aliphatic carbocycles. The van der Waals surface area contributed by atoms with Crippen molar-refractivity contribution in [3.05, 3.63) is 17.8 Å². The van der Waals surface area contributed by atoms with E-state index in [1.807, 2.05) is 13.6 Å². The van der Waals surface area contributed by atoms with Crippen molar-refractivity contribution in [3.8, 4) is 0 Å². The summed E-state index contributed by atoms with van der Waals surface area (Å²) in [5, 5.41) is 3.34. The molecule has 0 saturated heterocycles. The van der Waals surface area contributed by atoms with Crippen LogP contribution < -0.4 is 5.73 Å². The molecule has 0 bridgehead atoms. The van der Waals surface area contributed by atoms with Crippen molar-refractivity contribution in [1.82, 2.24) is 10.0 Å². The first-order valence-corrected chi connectivity index (χ1v) is 4.59. The van der Waals surface area contributed by atoms with Crippen molar-refractivity contribution < 1.29 is 4.79 Å². The smallest absolute Gasteiger partial charge is 0.333 e. The fourth-order valence-electron chi connectivity index (χ4n) is 2.06. The Morgan fingerprint density at radius 1 is 1.46 bits per heavy atom. The highest BCUT2D eigenvalue weighted by molar-refractivity contribution is 5.74. The van der Waals surface area contributed by atoms with Crippen LogP contribution in [0.15, 0.2) is 11.3 Å². The van der Waals surface area contributed by atoms with E-state index in [0.29, 0.717) is 0 Å². The summed E-state index contributed by atoms with van der Waals surface area (Å²) in [6.45, 7) is 2.00. The van der Waals surface area contributed by atoms with E-state index in [0.717, 1.165) is 25.0 Å². The Bertz CT molecular complexity index is 272. The third kappa shape index (κ3) is 1.31. The molecule has 71 valence electrons. The Morgan fingerprint density at radius 2 is 2.15 bits per heavy atom. The van der Waals surface area contributed by atoms with Crippen molar-refractivity contribution in [3.63, 3.8) is 0 Å². The van der Waals surface area contributed by atoms with E-state index in [2.05, 4.69) is 0 Å². The van der Waals surface area contributed by atoms with E-state index in [9.17, 15) is 4.79 Å². The lowest BCUT2D eigenvalue weighted by atomic mass is 9.97. The van der Waals surface area contributed by atoms with Crippen LogP contribution in [-0.2, 0) is 0 Å². The van der Waals surface area contributed by atoms with Gasteiger partial charge < -0.3 is 5.73 Å². The Kier molecular flexibility index (Phi) is 2.00. The second kappa shape index (κ2) is 3.03. The van der Waals surface area contributed by atoms with E-state index in [-0.39, 0.29) is 6.03 Å². The highest BCUT2D eigenvalue weighted by atomic mass is 16.2. The predicted molar refractivity (Wildman–Crippen MR) is 49.0 cm³/mol. The molecule has 2 amide bonds. The first-order valence-electron chi connectivity index (χ1n) is 4.59. The molecule has 0 spiro atoms. The summed E-state index contributed by atoms with van der Waals surface area (Å²) in [5.74, 6) is 0. The Labute approximate surface area is 77.9 Å². The number of primary amides is 1. The summed E-state index contributed by atoms with van der Waals surface area (Å²) < 4.78 is 0. The predicted octanol–water partition coefficient (Wildman–Crippen LogP) is 1.22. The number of hydrogen-bond acceptors (Lipinski definition) is 2. The molecule has 0 aromatic carbocycles. The Balaban J connectivity index is 2.26. The zero-order valence-electron chi connectivity index (χ0n) is 7.79. The van der Waals surface area contributed by atoms with Gasteiger partial charge in [-0.15, -0.1) is 0 Å². The van der Waals surface area contributed by atoms with E-state index in [1.165, 1.54) is 12.0 Å². The molecule has 0 saturated carbocycles. The quantitative estimate of drug-likeness (QED) is 0.609. The normalized spacial score (nSPS) is 23.6. The monoisotopic (exact) mass is 180 g/mol. The van der Waals surface area contributed by atoms with Gasteiger partial charge in [0.05, 0.1) is 6.54 Å². The first kappa shape index (κ1) is 8.56. The van der Waals surface area contributed by atoms with Crippen LogP contribution in [0.4, 0.5) is 4.79 Å². The van der Waals surface area contributed by atoms with Gasteiger partial charge >= 0.3 is 6.03 Å². The largest absolute Gasteiger partial charge is 0.350 e. The van der Waals surface area contributed by atoms with Crippen molar-refractivity contribution in [2.75, 3.05) is 7.05 Å². The zero-order valence-corrected chi connectivity index (χ0v) is 7.79. The van der Waals surface area contributed by atoms with E-state index in [4.69, 9.17) is 5.73 Å². The van der Waals surface area contributed by atoms with Crippen molar-refractivity contribution >= 4 is 6.03 Å². The third-order valence-electron chi connectivity index (χ3n) is 2.60. The van der Waals surface area contributed by atoms with Crippen LogP contribution in [0.3, 0.4) is 0 Å². The Hall–Kier alpha value is -1.03. The molecule has 1 radical (unpaired) electrons. The maximum atomic E-state index is 11.1. The van der Waals surface area contributed by atoms with Gasteiger partial charge in [-0.05, 0) is 31.3 Å². The number of amides is 2. The van der Waals surface area contributed by atoms with Gasteiger partial charge in [0, 0.05) is 12.7 Å². The lowest BCUT2D eigenvalue weighted by Crippen LogP contribution is -2.41.